The van der Waals surface area contributed by atoms with Gasteiger partial charge in [0.05, 0.1) is 0 Å². The predicted octanol–water partition coefficient (Wildman–Crippen LogP) is 4.07. The van der Waals surface area contributed by atoms with Crippen LogP contribution in [0.25, 0.3) is 0 Å². The molecule has 0 aliphatic carbocycles. The van der Waals surface area contributed by atoms with Crippen molar-refractivity contribution >= 4 is 18.4 Å². The highest BCUT2D eigenvalue weighted by molar-refractivity contribution is 7.80. The lowest BCUT2D eigenvalue weighted by Crippen LogP contribution is -1.99. The average molecular weight is 272 g/mol. The third kappa shape index (κ3) is 3.61. The summed E-state index contributed by atoms with van der Waals surface area (Å²) < 4.78 is 5.74. The molecule has 98 valence electrons. The highest BCUT2D eigenvalue weighted by atomic mass is 32.1. The summed E-state index contributed by atoms with van der Waals surface area (Å²) in [6, 6.07) is 13.4. The number of rotatable bonds is 4. The van der Waals surface area contributed by atoms with E-state index in [9.17, 15) is 4.79 Å². The number of aryl methyl sites for hydroxylation is 1. The fourth-order valence-corrected chi connectivity index (χ4v) is 2.05. The van der Waals surface area contributed by atoms with Crippen LogP contribution < -0.4 is 4.74 Å². The number of ether oxygens (including phenoxy) is 1. The van der Waals surface area contributed by atoms with E-state index in [1.807, 2.05) is 43.3 Å². The zero-order valence-corrected chi connectivity index (χ0v) is 11.9. The van der Waals surface area contributed by atoms with E-state index in [1.165, 1.54) is 0 Å². The topological polar surface area (TPSA) is 26.3 Å². The molecular formula is C16H16O2S. The van der Waals surface area contributed by atoms with Gasteiger partial charge >= 0.3 is 0 Å². The van der Waals surface area contributed by atoms with Crippen LogP contribution in [0.4, 0.5) is 0 Å². The highest BCUT2D eigenvalue weighted by Gasteiger charge is 2.05. The first-order valence-electron chi connectivity index (χ1n) is 6.08. The van der Waals surface area contributed by atoms with Crippen molar-refractivity contribution in [2.24, 2.45) is 0 Å². The molecule has 0 saturated heterocycles. The van der Waals surface area contributed by atoms with Gasteiger partial charge < -0.3 is 4.74 Å². The molecule has 0 bridgehead atoms. The van der Waals surface area contributed by atoms with Crippen molar-refractivity contribution in [3.63, 3.8) is 0 Å². The molecule has 0 spiro atoms. The van der Waals surface area contributed by atoms with E-state index in [2.05, 4.69) is 12.6 Å². The predicted molar refractivity (Wildman–Crippen MR) is 79.2 cm³/mol. The number of thiol groups is 1. The molecule has 0 atom stereocenters. The number of hydrogen-bond acceptors (Lipinski definition) is 3. The minimum atomic E-state index is 0.0446. The van der Waals surface area contributed by atoms with Crippen LogP contribution in [0.3, 0.4) is 0 Å². The van der Waals surface area contributed by atoms with Crippen molar-refractivity contribution in [1.82, 2.24) is 0 Å². The van der Waals surface area contributed by atoms with Crippen LogP contribution in [0.1, 0.15) is 28.4 Å². The minimum Gasteiger partial charge on any atom is -0.489 e. The third-order valence-corrected chi connectivity index (χ3v) is 3.28. The second-order valence-corrected chi connectivity index (χ2v) is 4.99. The second kappa shape index (κ2) is 5.93. The van der Waals surface area contributed by atoms with E-state index in [0.717, 1.165) is 16.0 Å². The van der Waals surface area contributed by atoms with Gasteiger partial charge in [-0.15, -0.1) is 12.6 Å². The number of hydrogen-bond donors (Lipinski definition) is 1. The van der Waals surface area contributed by atoms with Crippen LogP contribution in [0.15, 0.2) is 47.4 Å². The quantitative estimate of drug-likeness (QED) is 0.671. The van der Waals surface area contributed by atoms with Crippen molar-refractivity contribution in [2.75, 3.05) is 0 Å². The molecule has 0 N–H and O–H groups in total. The van der Waals surface area contributed by atoms with Crippen LogP contribution in [0, 0.1) is 6.92 Å². The molecule has 2 nitrogen and oxygen atoms in total. The largest absolute Gasteiger partial charge is 0.489 e. The van der Waals surface area contributed by atoms with Crippen molar-refractivity contribution in [1.29, 1.82) is 0 Å². The molecule has 0 saturated carbocycles. The van der Waals surface area contributed by atoms with Gasteiger partial charge in [0, 0.05) is 16.0 Å². The second-order valence-electron chi connectivity index (χ2n) is 4.51. The zero-order valence-electron chi connectivity index (χ0n) is 11.0. The molecule has 2 aromatic carbocycles. The number of ketones is 1. The summed E-state index contributed by atoms with van der Waals surface area (Å²) in [5.41, 5.74) is 2.72. The molecule has 2 rings (SSSR count). The Bertz CT molecular complexity index is 605. The lowest BCUT2D eigenvalue weighted by atomic mass is 10.1. The van der Waals surface area contributed by atoms with E-state index in [1.54, 1.807) is 13.0 Å². The molecular weight excluding hydrogens is 256 g/mol. The number of carbonyl (C=O) groups excluding carboxylic acids is 1. The molecule has 2 aromatic rings. The lowest BCUT2D eigenvalue weighted by molar-refractivity contribution is 0.101. The third-order valence-electron chi connectivity index (χ3n) is 2.84. The molecule has 0 unspecified atom stereocenters. The monoisotopic (exact) mass is 272 g/mol. The summed E-state index contributed by atoms with van der Waals surface area (Å²) in [5.74, 6) is 0.755. The van der Waals surface area contributed by atoms with E-state index < -0.39 is 0 Å². The molecule has 3 heteroatoms. The van der Waals surface area contributed by atoms with E-state index in [-0.39, 0.29) is 5.78 Å². The Kier molecular flexibility index (Phi) is 4.27. The SMILES string of the molecule is CC(=O)c1cc(C)cc(OCc2ccccc2S)c1. The molecule has 0 aliphatic rings. The van der Waals surface area contributed by atoms with Crippen molar-refractivity contribution in [3.05, 3.63) is 59.2 Å². The summed E-state index contributed by atoms with van der Waals surface area (Å²) in [4.78, 5) is 12.3. The standard InChI is InChI=1S/C16H16O2S/c1-11-7-14(12(2)17)9-15(8-11)18-10-13-5-3-4-6-16(13)19/h3-9,19H,10H2,1-2H3. The maximum Gasteiger partial charge on any atom is 0.159 e. The van der Waals surface area contributed by atoms with Crippen LogP contribution in [0.5, 0.6) is 5.75 Å². The Morgan fingerprint density at radius 1 is 1.21 bits per heavy atom. The van der Waals surface area contributed by atoms with E-state index >= 15 is 0 Å². The maximum absolute atomic E-state index is 11.4. The molecule has 19 heavy (non-hydrogen) atoms. The van der Waals surface area contributed by atoms with E-state index in [0.29, 0.717) is 17.9 Å². The molecule has 0 aromatic heterocycles. The number of benzene rings is 2. The van der Waals surface area contributed by atoms with Crippen molar-refractivity contribution in [2.45, 2.75) is 25.3 Å². The Morgan fingerprint density at radius 2 is 1.95 bits per heavy atom. The first-order chi connectivity index (χ1) is 9.06. The van der Waals surface area contributed by atoms with Gasteiger partial charge in [0.25, 0.3) is 0 Å². The molecule has 0 heterocycles. The molecule has 0 fully saturated rings. The molecule has 0 radical (unpaired) electrons. The summed E-state index contributed by atoms with van der Waals surface area (Å²) in [5, 5.41) is 0. The Balaban J connectivity index is 2.16. The average Bonchev–Trinajstić information content (AvgIpc) is 2.37. The maximum atomic E-state index is 11.4. The molecule has 0 amide bonds. The first-order valence-corrected chi connectivity index (χ1v) is 6.53. The fourth-order valence-electron chi connectivity index (χ4n) is 1.83. The summed E-state index contributed by atoms with van der Waals surface area (Å²) >= 11 is 4.38. The molecule has 0 aliphatic heterocycles. The highest BCUT2D eigenvalue weighted by Crippen LogP contribution is 2.20. The first kappa shape index (κ1) is 13.7. The van der Waals surface area contributed by atoms with Gasteiger partial charge in [-0.25, -0.2) is 0 Å². The lowest BCUT2D eigenvalue weighted by Gasteiger charge is -2.10. The van der Waals surface area contributed by atoms with E-state index in [4.69, 9.17) is 4.74 Å². The van der Waals surface area contributed by atoms with Gasteiger partial charge in [-0.05, 0) is 43.7 Å². The normalized spacial score (nSPS) is 10.3. The van der Waals surface area contributed by atoms with Gasteiger partial charge in [0.15, 0.2) is 5.78 Å². The van der Waals surface area contributed by atoms with Crippen molar-refractivity contribution < 1.29 is 9.53 Å². The van der Waals surface area contributed by atoms with Gasteiger partial charge in [0.1, 0.15) is 12.4 Å². The van der Waals surface area contributed by atoms with Gasteiger partial charge in [0.2, 0.25) is 0 Å². The Hall–Kier alpha value is -1.74. The minimum absolute atomic E-state index is 0.0446. The summed E-state index contributed by atoms with van der Waals surface area (Å²) in [7, 11) is 0. The van der Waals surface area contributed by atoms with Crippen LogP contribution in [-0.4, -0.2) is 5.78 Å². The summed E-state index contributed by atoms with van der Waals surface area (Å²) in [6.07, 6.45) is 0. The zero-order chi connectivity index (χ0) is 13.8. The van der Waals surface area contributed by atoms with Crippen molar-refractivity contribution in [3.8, 4) is 5.75 Å². The van der Waals surface area contributed by atoms with Gasteiger partial charge in [-0.2, -0.15) is 0 Å². The van der Waals surface area contributed by atoms with Gasteiger partial charge in [-0.3, -0.25) is 4.79 Å². The van der Waals surface area contributed by atoms with Crippen LogP contribution >= 0.6 is 12.6 Å². The number of Topliss-reactive ketones (excluding diaryl/α,β-unsaturated/α-hetero) is 1. The smallest absolute Gasteiger partial charge is 0.159 e. The summed E-state index contributed by atoms with van der Waals surface area (Å²) in [6.45, 7) is 3.95. The fraction of sp³-hybridized carbons (Fsp3) is 0.188. The van der Waals surface area contributed by atoms with Gasteiger partial charge in [-0.1, -0.05) is 18.2 Å². The number of carbonyl (C=O) groups is 1. The Morgan fingerprint density at radius 3 is 2.63 bits per heavy atom. The van der Waals surface area contributed by atoms with Crippen LogP contribution in [0.2, 0.25) is 0 Å². The Labute approximate surface area is 118 Å². The van der Waals surface area contributed by atoms with Crippen LogP contribution in [-0.2, 0) is 6.61 Å².